The quantitative estimate of drug-likeness (QED) is 0.910. The second-order valence-corrected chi connectivity index (χ2v) is 7.13. The summed E-state index contributed by atoms with van der Waals surface area (Å²) < 4.78 is 37.5. The number of carbonyl (C=O) groups is 1. The molecule has 1 aliphatic carbocycles. The van der Waals surface area contributed by atoms with Crippen molar-refractivity contribution < 1.29 is 22.7 Å². The maximum Gasteiger partial charge on any atom is 0.264 e. The van der Waals surface area contributed by atoms with Gasteiger partial charge in [-0.25, -0.2) is 13.1 Å². The highest BCUT2D eigenvalue weighted by atomic mass is 32.2. The van der Waals surface area contributed by atoms with E-state index in [2.05, 4.69) is 4.72 Å². The third-order valence-electron chi connectivity index (χ3n) is 3.71. The van der Waals surface area contributed by atoms with Crippen LogP contribution < -0.4 is 14.2 Å². The van der Waals surface area contributed by atoms with Gasteiger partial charge in [0.05, 0.1) is 18.1 Å². The van der Waals surface area contributed by atoms with Crippen LogP contribution in [0.15, 0.2) is 23.1 Å². The Morgan fingerprint density at radius 1 is 1.24 bits per heavy atom. The molecule has 0 bridgehead atoms. The minimum absolute atomic E-state index is 0.00778. The lowest BCUT2D eigenvalue weighted by Gasteiger charge is -2.10. The number of hydrogen-bond donors (Lipinski definition) is 1. The topological polar surface area (TPSA) is 81.7 Å². The van der Waals surface area contributed by atoms with Gasteiger partial charge in [0.1, 0.15) is 0 Å². The van der Waals surface area contributed by atoms with Crippen LogP contribution in [0.1, 0.15) is 19.8 Å². The van der Waals surface area contributed by atoms with E-state index in [0.717, 1.165) is 12.8 Å². The first kappa shape index (κ1) is 14.2. The van der Waals surface area contributed by atoms with Crippen LogP contribution in [-0.2, 0) is 14.8 Å². The summed E-state index contributed by atoms with van der Waals surface area (Å²) in [6.07, 6.45) is 1.48. The fourth-order valence-corrected chi connectivity index (χ4v) is 3.31. The van der Waals surface area contributed by atoms with E-state index in [-0.39, 0.29) is 16.7 Å². The van der Waals surface area contributed by atoms with Crippen LogP contribution in [0.4, 0.5) is 0 Å². The number of benzene rings is 1. The molecule has 1 aliphatic heterocycles. The third kappa shape index (κ3) is 2.97. The monoisotopic (exact) mass is 311 g/mol. The third-order valence-corrected chi connectivity index (χ3v) is 5.05. The number of sulfonamides is 1. The second kappa shape index (κ2) is 5.22. The van der Waals surface area contributed by atoms with Gasteiger partial charge in [-0.2, -0.15) is 0 Å². The largest absolute Gasteiger partial charge is 0.490 e. The Kier molecular flexibility index (Phi) is 3.52. The fraction of sp³-hybridized carbons (Fsp3) is 0.500. The van der Waals surface area contributed by atoms with E-state index in [1.54, 1.807) is 6.07 Å². The van der Waals surface area contributed by atoms with Gasteiger partial charge in [-0.3, -0.25) is 4.79 Å². The lowest BCUT2D eigenvalue weighted by Crippen LogP contribution is -2.32. The summed E-state index contributed by atoms with van der Waals surface area (Å²) in [5, 5.41) is 0. The van der Waals surface area contributed by atoms with Crippen molar-refractivity contribution in [3.63, 3.8) is 0 Å². The van der Waals surface area contributed by atoms with Crippen LogP contribution in [0.25, 0.3) is 0 Å². The first-order valence-electron chi connectivity index (χ1n) is 6.94. The highest BCUT2D eigenvalue weighted by molar-refractivity contribution is 7.90. The maximum absolute atomic E-state index is 12.2. The summed E-state index contributed by atoms with van der Waals surface area (Å²) >= 11 is 0. The van der Waals surface area contributed by atoms with Gasteiger partial charge in [0, 0.05) is 18.4 Å². The predicted molar refractivity (Wildman–Crippen MR) is 74.6 cm³/mol. The smallest absolute Gasteiger partial charge is 0.264 e. The Bertz CT molecular complexity index is 670. The molecule has 0 radical (unpaired) electrons. The molecule has 0 aromatic heterocycles. The van der Waals surface area contributed by atoms with Crippen molar-refractivity contribution in [3.05, 3.63) is 18.2 Å². The molecule has 1 aromatic carbocycles. The second-order valence-electron chi connectivity index (χ2n) is 5.45. The van der Waals surface area contributed by atoms with E-state index in [1.807, 2.05) is 6.92 Å². The summed E-state index contributed by atoms with van der Waals surface area (Å²) in [7, 11) is -3.87. The van der Waals surface area contributed by atoms with E-state index >= 15 is 0 Å². The van der Waals surface area contributed by atoms with Crippen molar-refractivity contribution in [1.82, 2.24) is 4.72 Å². The molecular formula is C14H17NO5S. The number of hydrogen-bond acceptors (Lipinski definition) is 5. The van der Waals surface area contributed by atoms with E-state index < -0.39 is 15.9 Å². The summed E-state index contributed by atoms with van der Waals surface area (Å²) in [6, 6.07) is 4.37. The van der Waals surface area contributed by atoms with Gasteiger partial charge in [0.25, 0.3) is 10.0 Å². The normalized spacial score (nSPS) is 24.0. The molecule has 7 heteroatoms. The lowest BCUT2D eigenvalue weighted by atomic mass is 10.3. The average Bonchev–Trinajstić information content (AvgIpc) is 3.19. The molecule has 1 aromatic rings. The Balaban J connectivity index is 1.82. The van der Waals surface area contributed by atoms with Gasteiger partial charge in [-0.1, -0.05) is 6.92 Å². The highest BCUT2D eigenvalue weighted by Crippen LogP contribution is 2.38. The average molecular weight is 311 g/mol. The minimum atomic E-state index is -3.87. The van der Waals surface area contributed by atoms with Crippen molar-refractivity contribution in [2.24, 2.45) is 11.8 Å². The van der Waals surface area contributed by atoms with E-state index in [1.165, 1.54) is 12.1 Å². The standard InChI is InChI=1S/C14H17NO5S/c1-9-7-11(9)14(16)15-21(17,18)10-3-4-12-13(8-10)20-6-2-5-19-12/h3-4,8-9,11H,2,5-7H2,1H3,(H,15,16)/t9-,11-/m1/s1. The fourth-order valence-electron chi connectivity index (χ4n) is 2.27. The van der Waals surface area contributed by atoms with Crippen molar-refractivity contribution >= 4 is 15.9 Å². The van der Waals surface area contributed by atoms with Crippen LogP contribution in [0.2, 0.25) is 0 Å². The summed E-state index contributed by atoms with van der Waals surface area (Å²) in [5.41, 5.74) is 0. The van der Waals surface area contributed by atoms with Gasteiger partial charge in [0.2, 0.25) is 5.91 Å². The zero-order chi connectivity index (χ0) is 15.0. The zero-order valence-corrected chi connectivity index (χ0v) is 12.5. The van der Waals surface area contributed by atoms with Gasteiger partial charge in [0.15, 0.2) is 11.5 Å². The zero-order valence-electron chi connectivity index (χ0n) is 11.7. The lowest BCUT2D eigenvalue weighted by molar-refractivity contribution is -0.120. The van der Waals surface area contributed by atoms with Crippen molar-refractivity contribution in [1.29, 1.82) is 0 Å². The Morgan fingerprint density at radius 3 is 2.57 bits per heavy atom. The number of amides is 1. The van der Waals surface area contributed by atoms with Gasteiger partial charge in [-0.15, -0.1) is 0 Å². The van der Waals surface area contributed by atoms with Crippen LogP contribution in [0, 0.1) is 11.8 Å². The Hall–Kier alpha value is -1.76. The Morgan fingerprint density at radius 2 is 1.90 bits per heavy atom. The molecule has 2 aliphatic rings. The molecule has 1 amide bonds. The number of nitrogens with one attached hydrogen (secondary N) is 1. The van der Waals surface area contributed by atoms with Gasteiger partial charge >= 0.3 is 0 Å². The summed E-state index contributed by atoms with van der Waals surface area (Å²) in [6.45, 7) is 2.93. The number of ether oxygens (including phenoxy) is 2. The van der Waals surface area contributed by atoms with Crippen LogP contribution in [0.3, 0.4) is 0 Å². The molecule has 114 valence electrons. The molecular weight excluding hydrogens is 294 g/mol. The molecule has 21 heavy (non-hydrogen) atoms. The molecule has 1 saturated carbocycles. The predicted octanol–water partition coefficient (Wildman–Crippen LogP) is 1.31. The van der Waals surface area contributed by atoms with Crippen molar-refractivity contribution in [2.45, 2.75) is 24.7 Å². The van der Waals surface area contributed by atoms with E-state index in [4.69, 9.17) is 9.47 Å². The first-order chi connectivity index (χ1) is 9.97. The van der Waals surface area contributed by atoms with Gasteiger partial charge < -0.3 is 9.47 Å². The molecule has 0 spiro atoms. The number of fused-ring (bicyclic) bond motifs is 1. The molecule has 1 fully saturated rings. The van der Waals surface area contributed by atoms with E-state index in [9.17, 15) is 13.2 Å². The maximum atomic E-state index is 12.2. The SMILES string of the molecule is C[C@@H]1C[C@H]1C(=O)NS(=O)(=O)c1ccc2c(c1)OCCCO2. The van der Waals surface area contributed by atoms with Crippen LogP contribution in [-0.4, -0.2) is 27.5 Å². The first-order valence-corrected chi connectivity index (χ1v) is 8.42. The molecule has 2 atom stereocenters. The minimum Gasteiger partial charge on any atom is -0.490 e. The molecule has 6 nitrogen and oxygen atoms in total. The highest BCUT2D eigenvalue weighted by Gasteiger charge is 2.40. The molecule has 0 saturated heterocycles. The van der Waals surface area contributed by atoms with Gasteiger partial charge in [-0.05, 0) is 24.5 Å². The van der Waals surface area contributed by atoms with E-state index in [0.29, 0.717) is 24.7 Å². The molecule has 3 rings (SSSR count). The molecule has 0 unspecified atom stereocenters. The van der Waals surface area contributed by atoms with Crippen molar-refractivity contribution in [2.75, 3.05) is 13.2 Å². The van der Waals surface area contributed by atoms with Crippen molar-refractivity contribution in [3.8, 4) is 11.5 Å². The van der Waals surface area contributed by atoms with Crippen LogP contribution in [0.5, 0.6) is 11.5 Å². The molecule has 1 N–H and O–H groups in total. The Labute approximate surface area is 123 Å². The number of rotatable bonds is 3. The van der Waals surface area contributed by atoms with Crippen LogP contribution >= 0.6 is 0 Å². The summed E-state index contributed by atoms with van der Waals surface area (Å²) in [4.78, 5) is 11.8. The summed E-state index contributed by atoms with van der Waals surface area (Å²) in [5.74, 6) is 0.537. The molecule has 1 heterocycles. The number of carbonyl (C=O) groups excluding carboxylic acids is 1.